The van der Waals surface area contributed by atoms with Crippen LogP contribution in [0.4, 0.5) is 11.4 Å². The molecule has 1 fully saturated rings. The number of nitrogens with zero attached hydrogens (tertiary/aromatic N) is 4. The molecule has 0 saturated carbocycles. The summed E-state index contributed by atoms with van der Waals surface area (Å²) in [6.45, 7) is -0.267. The van der Waals surface area contributed by atoms with Gasteiger partial charge >= 0.3 is 0 Å². The molecule has 2 heterocycles. The molecule has 2 aliphatic heterocycles. The molecular formula is C18H12BrCl2N5O3. The van der Waals surface area contributed by atoms with Crippen LogP contribution in [0.15, 0.2) is 57.3 Å². The lowest BCUT2D eigenvalue weighted by atomic mass is 10.1. The summed E-state index contributed by atoms with van der Waals surface area (Å²) in [4.78, 5) is 39.0. The first-order valence-corrected chi connectivity index (χ1v) is 9.96. The van der Waals surface area contributed by atoms with Crippen LogP contribution in [0.5, 0.6) is 0 Å². The molecule has 2 aromatic rings. The van der Waals surface area contributed by atoms with Crippen molar-refractivity contribution < 1.29 is 14.4 Å². The highest BCUT2D eigenvalue weighted by atomic mass is 79.9. The first-order chi connectivity index (χ1) is 13.8. The molecule has 2 aliphatic rings. The highest BCUT2D eigenvalue weighted by Crippen LogP contribution is 2.32. The fourth-order valence-electron chi connectivity index (χ4n) is 3.13. The molecular weight excluding hydrogens is 485 g/mol. The largest absolute Gasteiger partial charge is 0.323 e. The first kappa shape index (κ1) is 19.8. The number of fused-ring (bicyclic) bond motifs is 1. The number of rotatable bonds is 4. The van der Waals surface area contributed by atoms with E-state index in [2.05, 4.69) is 31.6 Å². The Kier molecular flexibility index (Phi) is 5.28. The molecule has 4 rings (SSSR count). The minimum absolute atomic E-state index is 0.267. The van der Waals surface area contributed by atoms with Gasteiger partial charge in [0.05, 0.1) is 16.4 Å². The summed E-state index contributed by atoms with van der Waals surface area (Å²) in [6, 6.07) is 9.48. The van der Waals surface area contributed by atoms with Crippen LogP contribution in [0, 0.1) is 0 Å². The molecule has 1 saturated heterocycles. The van der Waals surface area contributed by atoms with E-state index in [0.29, 0.717) is 16.4 Å². The molecule has 8 nitrogen and oxygen atoms in total. The van der Waals surface area contributed by atoms with Gasteiger partial charge in [0.1, 0.15) is 6.54 Å². The average molecular weight is 497 g/mol. The number of nitrogens with one attached hydrogen (secondary N) is 1. The summed E-state index contributed by atoms with van der Waals surface area (Å²) >= 11 is 15.2. The zero-order chi connectivity index (χ0) is 20.7. The Bertz CT molecular complexity index is 1050. The van der Waals surface area contributed by atoms with Crippen LogP contribution >= 0.6 is 39.1 Å². The number of imide groups is 1. The van der Waals surface area contributed by atoms with Crippen LogP contribution in [0.2, 0.25) is 10.0 Å². The highest BCUT2D eigenvalue weighted by Gasteiger charge is 2.55. The van der Waals surface area contributed by atoms with E-state index in [9.17, 15) is 14.4 Å². The number of benzene rings is 2. The van der Waals surface area contributed by atoms with Crippen molar-refractivity contribution in [2.75, 3.05) is 16.8 Å². The molecule has 11 heteroatoms. The second-order valence-electron chi connectivity index (χ2n) is 6.35. The van der Waals surface area contributed by atoms with Gasteiger partial charge < -0.3 is 5.32 Å². The molecule has 0 aromatic heterocycles. The molecule has 0 unspecified atom stereocenters. The lowest BCUT2D eigenvalue weighted by Crippen LogP contribution is -2.43. The number of carbonyl (C=O) groups excluding carboxylic acids is 3. The number of hydrogen-bond acceptors (Lipinski definition) is 6. The van der Waals surface area contributed by atoms with E-state index in [-0.39, 0.29) is 11.6 Å². The standard InChI is InChI=1S/C18H12BrCl2N5O3/c19-9-1-4-11(5-2-9)26-17(28)15-16(18(26)29)25(24-23-15)8-14(27)22-13-6-3-10(20)7-12(13)21/h1-7,15-16H,8H2,(H,22,27)/t15-,16-/m1/s1. The Hall–Kier alpha value is -2.49. The third kappa shape index (κ3) is 3.73. The van der Waals surface area contributed by atoms with Crippen LogP contribution in [-0.4, -0.2) is 41.4 Å². The van der Waals surface area contributed by atoms with E-state index < -0.39 is 29.8 Å². The third-order valence-electron chi connectivity index (χ3n) is 4.45. The molecule has 29 heavy (non-hydrogen) atoms. The molecule has 0 spiro atoms. The van der Waals surface area contributed by atoms with Gasteiger partial charge in [-0.1, -0.05) is 44.4 Å². The summed E-state index contributed by atoms with van der Waals surface area (Å²) < 4.78 is 0.819. The summed E-state index contributed by atoms with van der Waals surface area (Å²) in [5.74, 6) is -1.42. The molecule has 2 atom stereocenters. The fraction of sp³-hybridized carbons (Fsp3) is 0.167. The van der Waals surface area contributed by atoms with Crippen molar-refractivity contribution >= 4 is 68.2 Å². The Balaban J connectivity index is 1.49. The molecule has 1 N–H and O–H groups in total. The molecule has 3 amide bonds. The molecule has 0 radical (unpaired) electrons. The zero-order valence-electron chi connectivity index (χ0n) is 14.6. The quantitative estimate of drug-likeness (QED) is 0.653. The van der Waals surface area contributed by atoms with Crippen molar-refractivity contribution in [1.29, 1.82) is 0 Å². The Morgan fingerprint density at radius 2 is 1.83 bits per heavy atom. The van der Waals surface area contributed by atoms with E-state index in [4.69, 9.17) is 23.2 Å². The van der Waals surface area contributed by atoms with Crippen LogP contribution < -0.4 is 10.2 Å². The predicted octanol–water partition coefficient (Wildman–Crippen LogP) is 3.69. The number of hydrogen-bond donors (Lipinski definition) is 1. The molecule has 0 aliphatic carbocycles. The topological polar surface area (TPSA) is 94.4 Å². The SMILES string of the molecule is O=C(CN1N=N[C@H]2C(=O)N(c3ccc(Br)cc3)C(=O)[C@@H]21)Nc1ccc(Cl)cc1Cl. The van der Waals surface area contributed by atoms with Crippen molar-refractivity contribution in [1.82, 2.24) is 5.01 Å². The van der Waals surface area contributed by atoms with Gasteiger partial charge in [0, 0.05) is 9.50 Å². The monoisotopic (exact) mass is 495 g/mol. The lowest BCUT2D eigenvalue weighted by Gasteiger charge is -2.20. The normalized spacial score (nSPS) is 20.4. The van der Waals surface area contributed by atoms with Crippen molar-refractivity contribution in [3.63, 3.8) is 0 Å². The van der Waals surface area contributed by atoms with Crippen molar-refractivity contribution in [2.24, 2.45) is 10.3 Å². The fourth-order valence-corrected chi connectivity index (χ4v) is 3.85. The van der Waals surface area contributed by atoms with Gasteiger partial charge in [-0.2, -0.15) is 5.11 Å². The second kappa shape index (κ2) is 7.74. The van der Waals surface area contributed by atoms with Gasteiger partial charge in [-0.05, 0) is 42.5 Å². The number of halogens is 3. The average Bonchev–Trinajstić information content (AvgIpc) is 3.19. The summed E-state index contributed by atoms with van der Waals surface area (Å²) in [5.41, 5.74) is 0.809. The van der Waals surface area contributed by atoms with Gasteiger partial charge in [0.2, 0.25) is 5.91 Å². The molecule has 2 aromatic carbocycles. The van der Waals surface area contributed by atoms with E-state index in [1.54, 1.807) is 36.4 Å². The van der Waals surface area contributed by atoms with E-state index in [0.717, 1.165) is 9.37 Å². The first-order valence-electron chi connectivity index (χ1n) is 8.41. The Morgan fingerprint density at radius 3 is 2.52 bits per heavy atom. The summed E-state index contributed by atoms with van der Waals surface area (Å²) in [7, 11) is 0. The Morgan fingerprint density at radius 1 is 1.10 bits per heavy atom. The molecule has 148 valence electrons. The van der Waals surface area contributed by atoms with Gasteiger partial charge in [-0.3, -0.25) is 19.4 Å². The van der Waals surface area contributed by atoms with Gasteiger partial charge in [-0.25, -0.2) is 4.90 Å². The van der Waals surface area contributed by atoms with Crippen LogP contribution in [-0.2, 0) is 14.4 Å². The molecule has 0 bridgehead atoms. The Labute approximate surface area is 183 Å². The number of amides is 3. The lowest BCUT2D eigenvalue weighted by molar-refractivity contribution is -0.123. The van der Waals surface area contributed by atoms with Gasteiger partial charge in [0.25, 0.3) is 11.8 Å². The maximum Gasteiger partial charge on any atom is 0.263 e. The van der Waals surface area contributed by atoms with Crippen molar-refractivity contribution in [2.45, 2.75) is 12.1 Å². The highest BCUT2D eigenvalue weighted by molar-refractivity contribution is 9.10. The van der Waals surface area contributed by atoms with Crippen molar-refractivity contribution in [3.05, 3.63) is 57.0 Å². The maximum atomic E-state index is 12.9. The minimum Gasteiger partial charge on any atom is -0.323 e. The van der Waals surface area contributed by atoms with Gasteiger partial charge in [0.15, 0.2) is 12.1 Å². The summed E-state index contributed by atoms with van der Waals surface area (Å²) in [6.07, 6.45) is 0. The third-order valence-corrected chi connectivity index (χ3v) is 5.53. The van der Waals surface area contributed by atoms with Crippen LogP contribution in [0.1, 0.15) is 0 Å². The maximum absolute atomic E-state index is 12.9. The van der Waals surface area contributed by atoms with Gasteiger partial charge in [-0.15, -0.1) is 0 Å². The second-order valence-corrected chi connectivity index (χ2v) is 8.11. The number of carbonyl (C=O) groups is 3. The predicted molar refractivity (Wildman–Crippen MR) is 111 cm³/mol. The smallest absolute Gasteiger partial charge is 0.263 e. The zero-order valence-corrected chi connectivity index (χ0v) is 17.6. The van der Waals surface area contributed by atoms with E-state index >= 15 is 0 Å². The minimum atomic E-state index is -0.974. The van der Waals surface area contributed by atoms with Crippen LogP contribution in [0.3, 0.4) is 0 Å². The van der Waals surface area contributed by atoms with Crippen molar-refractivity contribution in [3.8, 4) is 0 Å². The summed E-state index contributed by atoms with van der Waals surface area (Å²) in [5, 5.41) is 12.3. The van der Waals surface area contributed by atoms with Crippen LogP contribution in [0.25, 0.3) is 0 Å². The van der Waals surface area contributed by atoms with E-state index in [1.807, 2.05) is 0 Å². The van der Waals surface area contributed by atoms with E-state index in [1.165, 1.54) is 11.1 Å². The number of anilines is 2.